The average molecular weight is 508 g/mol. The smallest absolute Gasteiger partial charge is 0.274 e. The number of aromatic nitrogens is 4. The number of imidazole rings is 1. The molecule has 4 rings (SSSR count). The van der Waals surface area contributed by atoms with Gasteiger partial charge in [-0.15, -0.1) is 11.8 Å². The molecule has 1 aliphatic heterocycles. The van der Waals surface area contributed by atoms with E-state index in [0.29, 0.717) is 17.2 Å². The van der Waals surface area contributed by atoms with Crippen LogP contribution in [0.5, 0.6) is 11.5 Å². The van der Waals surface area contributed by atoms with Crippen molar-refractivity contribution in [1.82, 2.24) is 24.2 Å². The highest BCUT2D eigenvalue weighted by atomic mass is 32.2. The zero-order valence-corrected chi connectivity index (χ0v) is 23.0. The van der Waals surface area contributed by atoms with E-state index < -0.39 is 0 Å². The first kappa shape index (κ1) is 25.6. The summed E-state index contributed by atoms with van der Waals surface area (Å²) in [6, 6.07) is 3.92. The van der Waals surface area contributed by atoms with E-state index in [9.17, 15) is 4.79 Å². The maximum absolute atomic E-state index is 13.6. The van der Waals surface area contributed by atoms with Crippen molar-refractivity contribution in [3.05, 3.63) is 53.5 Å². The number of aryl methyl sites for hydroxylation is 1. The third kappa shape index (κ3) is 4.21. The van der Waals surface area contributed by atoms with Gasteiger partial charge in [-0.3, -0.25) is 4.79 Å². The molecule has 190 valence electrons. The SMILES string of the molecule is C=C/C(=C\SC)n1nc(C(=O)N(C)C(C)(C)C)c2c1-c1cc(-c3cnc(C)n3C)c(OC)cc1OC2. The molecular weight excluding hydrogens is 474 g/mol. The number of allylic oxidation sites excluding steroid dienone is 2. The first-order valence-electron chi connectivity index (χ1n) is 11.6. The van der Waals surface area contributed by atoms with Crippen molar-refractivity contribution in [2.75, 3.05) is 20.4 Å². The summed E-state index contributed by atoms with van der Waals surface area (Å²) in [4.78, 5) is 19.8. The molecule has 36 heavy (non-hydrogen) atoms. The molecule has 1 aliphatic rings. The largest absolute Gasteiger partial charge is 0.496 e. The third-order valence-corrected chi connectivity index (χ3v) is 7.09. The average Bonchev–Trinajstić information content (AvgIpc) is 3.40. The molecular formula is C27H33N5O3S. The Balaban J connectivity index is 2.02. The molecule has 0 radical (unpaired) electrons. The van der Waals surface area contributed by atoms with Gasteiger partial charge < -0.3 is 18.9 Å². The number of ether oxygens (including phenoxy) is 2. The quantitative estimate of drug-likeness (QED) is 0.417. The molecule has 9 heteroatoms. The van der Waals surface area contributed by atoms with Crippen LogP contribution in [-0.2, 0) is 13.7 Å². The number of methoxy groups -OCH3 is 1. The maximum atomic E-state index is 13.6. The van der Waals surface area contributed by atoms with Crippen molar-refractivity contribution in [2.45, 2.75) is 39.8 Å². The predicted octanol–water partition coefficient (Wildman–Crippen LogP) is 5.38. The van der Waals surface area contributed by atoms with Gasteiger partial charge in [0.25, 0.3) is 5.91 Å². The Hall–Kier alpha value is -3.46. The first-order chi connectivity index (χ1) is 17.0. The standard InChI is InChI=1S/C27H33N5O3S/c1-10-17(15-36-9)32-25-19-11-18(21-13-28-16(2)30(21)6)22(34-8)12-23(19)35-14-20(25)24(29-32)26(33)31(7)27(3,4)5/h10-13,15H,1,14H2,2-9H3/b17-15+. The van der Waals surface area contributed by atoms with Gasteiger partial charge >= 0.3 is 0 Å². The molecule has 1 aromatic carbocycles. The Morgan fingerprint density at radius 3 is 2.58 bits per heavy atom. The first-order valence-corrected chi connectivity index (χ1v) is 12.9. The lowest BCUT2D eigenvalue weighted by Crippen LogP contribution is -2.43. The van der Waals surface area contributed by atoms with Gasteiger partial charge in [0, 0.05) is 42.4 Å². The van der Waals surface area contributed by atoms with Crippen molar-refractivity contribution < 1.29 is 14.3 Å². The highest BCUT2D eigenvalue weighted by Crippen LogP contribution is 2.46. The van der Waals surface area contributed by atoms with Crippen LogP contribution in [0.1, 0.15) is 42.6 Å². The second-order valence-electron chi connectivity index (χ2n) is 9.69. The summed E-state index contributed by atoms with van der Waals surface area (Å²) in [5.41, 5.74) is 4.95. The van der Waals surface area contributed by atoms with E-state index in [1.807, 2.05) is 69.3 Å². The van der Waals surface area contributed by atoms with Gasteiger partial charge in [-0.05, 0) is 51.5 Å². The summed E-state index contributed by atoms with van der Waals surface area (Å²) in [6.07, 6.45) is 5.55. The number of carbonyl (C=O) groups is 1. The highest BCUT2D eigenvalue weighted by molar-refractivity contribution is 8.01. The van der Waals surface area contributed by atoms with E-state index in [0.717, 1.165) is 39.6 Å². The molecule has 0 unspecified atom stereocenters. The molecule has 0 fully saturated rings. The Morgan fingerprint density at radius 2 is 2.03 bits per heavy atom. The summed E-state index contributed by atoms with van der Waals surface area (Å²) in [5.74, 6) is 2.08. The zero-order valence-electron chi connectivity index (χ0n) is 22.2. The lowest BCUT2D eigenvalue weighted by Gasteiger charge is -2.31. The summed E-state index contributed by atoms with van der Waals surface area (Å²) in [5, 5.41) is 6.79. The molecule has 3 heterocycles. The van der Waals surface area contributed by atoms with Crippen molar-refractivity contribution in [1.29, 1.82) is 0 Å². The minimum absolute atomic E-state index is 0.159. The molecule has 0 aliphatic carbocycles. The van der Waals surface area contributed by atoms with Crippen LogP contribution >= 0.6 is 11.8 Å². The predicted molar refractivity (Wildman–Crippen MR) is 145 cm³/mol. The molecule has 8 nitrogen and oxygen atoms in total. The fraction of sp³-hybridized carbons (Fsp3) is 0.370. The Morgan fingerprint density at radius 1 is 1.31 bits per heavy atom. The lowest BCUT2D eigenvalue weighted by atomic mass is 9.97. The third-order valence-electron chi connectivity index (χ3n) is 6.61. The Labute approximate surface area is 216 Å². The number of fused-ring (bicyclic) bond motifs is 3. The molecule has 0 spiro atoms. The second kappa shape index (κ2) is 9.54. The molecule has 0 saturated heterocycles. The van der Waals surface area contributed by atoms with Crippen molar-refractivity contribution in [3.63, 3.8) is 0 Å². The fourth-order valence-electron chi connectivity index (χ4n) is 4.13. The van der Waals surface area contributed by atoms with Crippen molar-refractivity contribution in [2.24, 2.45) is 7.05 Å². The zero-order chi connectivity index (χ0) is 26.4. The van der Waals surface area contributed by atoms with E-state index in [-0.39, 0.29) is 18.1 Å². The monoisotopic (exact) mass is 507 g/mol. The van der Waals surface area contributed by atoms with Gasteiger partial charge in [0.1, 0.15) is 23.9 Å². The Kier molecular flexibility index (Phi) is 6.79. The van der Waals surface area contributed by atoms with Crippen LogP contribution in [0.15, 0.2) is 36.4 Å². The van der Waals surface area contributed by atoms with E-state index in [1.165, 1.54) is 0 Å². The number of rotatable bonds is 6. The number of amides is 1. The number of thioether (sulfide) groups is 1. The fourth-order valence-corrected chi connectivity index (χ4v) is 4.57. The second-order valence-corrected chi connectivity index (χ2v) is 10.4. The van der Waals surface area contributed by atoms with Crippen molar-refractivity contribution in [3.8, 4) is 34.0 Å². The molecule has 0 N–H and O–H groups in total. The summed E-state index contributed by atoms with van der Waals surface area (Å²) < 4.78 is 15.7. The van der Waals surface area contributed by atoms with Crippen LogP contribution in [0.3, 0.4) is 0 Å². The molecule has 1 amide bonds. The highest BCUT2D eigenvalue weighted by Gasteiger charge is 2.35. The minimum Gasteiger partial charge on any atom is -0.496 e. The molecule has 0 saturated carbocycles. The molecule has 0 atom stereocenters. The summed E-state index contributed by atoms with van der Waals surface area (Å²) >= 11 is 1.55. The van der Waals surface area contributed by atoms with Crippen LogP contribution < -0.4 is 9.47 Å². The number of hydrogen-bond donors (Lipinski definition) is 0. The van der Waals surface area contributed by atoms with Gasteiger partial charge in [0.15, 0.2) is 5.69 Å². The number of benzene rings is 1. The van der Waals surface area contributed by atoms with Gasteiger partial charge in [0.2, 0.25) is 0 Å². The Bertz CT molecular complexity index is 1380. The van der Waals surface area contributed by atoms with Gasteiger partial charge in [-0.1, -0.05) is 6.58 Å². The molecule has 3 aromatic rings. The number of nitrogens with zero attached hydrogens (tertiary/aromatic N) is 5. The minimum atomic E-state index is -0.366. The number of hydrogen-bond acceptors (Lipinski definition) is 6. The van der Waals surface area contributed by atoms with Gasteiger partial charge in [-0.25, -0.2) is 9.67 Å². The van der Waals surface area contributed by atoms with E-state index in [2.05, 4.69) is 11.6 Å². The van der Waals surface area contributed by atoms with Gasteiger partial charge in [0.05, 0.1) is 30.4 Å². The topological polar surface area (TPSA) is 74.4 Å². The normalized spacial score (nSPS) is 13.1. The van der Waals surface area contributed by atoms with E-state index >= 15 is 0 Å². The van der Waals surface area contributed by atoms with Crippen LogP contribution in [0.25, 0.3) is 28.2 Å². The van der Waals surface area contributed by atoms with Crippen molar-refractivity contribution >= 4 is 23.4 Å². The van der Waals surface area contributed by atoms with Crippen LogP contribution in [0, 0.1) is 6.92 Å². The maximum Gasteiger partial charge on any atom is 0.274 e. The van der Waals surface area contributed by atoms with Gasteiger partial charge in [-0.2, -0.15) is 5.10 Å². The van der Waals surface area contributed by atoms with E-state index in [1.54, 1.807) is 41.6 Å². The molecule has 0 bridgehead atoms. The van der Waals surface area contributed by atoms with Crippen LogP contribution in [0.4, 0.5) is 0 Å². The lowest BCUT2D eigenvalue weighted by molar-refractivity contribution is 0.0646. The summed E-state index contributed by atoms with van der Waals surface area (Å²) in [7, 11) is 5.41. The van der Waals surface area contributed by atoms with E-state index in [4.69, 9.17) is 14.6 Å². The van der Waals surface area contributed by atoms with Crippen LogP contribution in [0.2, 0.25) is 0 Å². The van der Waals surface area contributed by atoms with Crippen LogP contribution in [-0.4, -0.2) is 56.1 Å². The number of carbonyl (C=O) groups excluding carboxylic acids is 1. The summed E-state index contributed by atoms with van der Waals surface area (Å²) in [6.45, 7) is 12.2. The molecule has 2 aromatic heterocycles.